The SMILES string of the molecule is Sc1nc(-c2cccc(-n3cccc3)c2)ns1. The van der Waals surface area contributed by atoms with Crippen LogP contribution in [0, 0.1) is 0 Å². The predicted molar refractivity (Wildman–Crippen MR) is 71.9 cm³/mol. The standard InChI is InChI=1S/C12H9N3S2/c16-12-13-11(14-17-12)9-4-3-5-10(8-9)15-6-1-2-7-15/h1-8H,(H,13,14,16). The molecular formula is C12H9N3S2. The molecule has 0 aliphatic carbocycles. The van der Waals surface area contributed by atoms with Gasteiger partial charge in [0.15, 0.2) is 10.2 Å². The van der Waals surface area contributed by atoms with Crippen LogP contribution in [0.4, 0.5) is 0 Å². The Kier molecular flexibility index (Phi) is 2.70. The van der Waals surface area contributed by atoms with Gasteiger partial charge in [0.05, 0.1) is 0 Å². The molecule has 5 heteroatoms. The van der Waals surface area contributed by atoms with E-state index in [-0.39, 0.29) is 0 Å². The van der Waals surface area contributed by atoms with Crippen LogP contribution in [-0.4, -0.2) is 13.9 Å². The normalized spacial score (nSPS) is 10.6. The van der Waals surface area contributed by atoms with E-state index in [9.17, 15) is 0 Å². The lowest BCUT2D eigenvalue weighted by Crippen LogP contribution is -1.90. The van der Waals surface area contributed by atoms with Crippen LogP contribution in [-0.2, 0) is 0 Å². The quantitative estimate of drug-likeness (QED) is 0.716. The van der Waals surface area contributed by atoms with E-state index in [2.05, 4.69) is 38.7 Å². The topological polar surface area (TPSA) is 30.7 Å². The highest BCUT2D eigenvalue weighted by Gasteiger charge is 2.05. The molecule has 0 amide bonds. The largest absolute Gasteiger partial charge is 0.324 e. The Morgan fingerprint density at radius 2 is 1.94 bits per heavy atom. The third-order valence-electron chi connectivity index (χ3n) is 2.42. The van der Waals surface area contributed by atoms with Crippen LogP contribution in [0.5, 0.6) is 0 Å². The van der Waals surface area contributed by atoms with Gasteiger partial charge in [-0.1, -0.05) is 12.1 Å². The molecule has 0 spiro atoms. The third-order valence-corrected chi connectivity index (χ3v) is 3.29. The highest BCUT2D eigenvalue weighted by atomic mass is 32.2. The molecule has 2 aromatic heterocycles. The summed E-state index contributed by atoms with van der Waals surface area (Å²) in [7, 11) is 0. The highest BCUT2D eigenvalue weighted by Crippen LogP contribution is 2.22. The number of thiol groups is 1. The van der Waals surface area contributed by atoms with Gasteiger partial charge in [-0.2, -0.15) is 4.37 Å². The summed E-state index contributed by atoms with van der Waals surface area (Å²) in [5.41, 5.74) is 2.11. The van der Waals surface area contributed by atoms with Gasteiger partial charge in [-0.25, -0.2) is 4.98 Å². The summed E-state index contributed by atoms with van der Waals surface area (Å²) in [5, 5.41) is 0. The molecule has 0 N–H and O–H groups in total. The van der Waals surface area contributed by atoms with E-state index in [1.807, 2.05) is 36.7 Å². The van der Waals surface area contributed by atoms with E-state index in [4.69, 9.17) is 0 Å². The second kappa shape index (κ2) is 4.35. The Morgan fingerprint density at radius 1 is 1.12 bits per heavy atom. The Hall–Kier alpha value is -1.59. The van der Waals surface area contributed by atoms with Gasteiger partial charge in [0.25, 0.3) is 0 Å². The second-order valence-corrected chi connectivity index (χ2v) is 5.02. The number of aromatic nitrogens is 3. The lowest BCUT2D eigenvalue weighted by atomic mass is 10.2. The molecule has 1 aromatic carbocycles. The second-order valence-electron chi connectivity index (χ2n) is 3.54. The third kappa shape index (κ3) is 2.11. The van der Waals surface area contributed by atoms with Crippen molar-refractivity contribution in [1.82, 2.24) is 13.9 Å². The van der Waals surface area contributed by atoms with Crippen molar-refractivity contribution >= 4 is 24.2 Å². The van der Waals surface area contributed by atoms with Crippen molar-refractivity contribution in [3.05, 3.63) is 48.8 Å². The smallest absolute Gasteiger partial charge is 0.174 e. The van der Waals surface area contributed by atoms with Gasteiger partial charge in [0.2, 0.25) is 0 Å². The molecule has 0 saturated heterocycles. The van der Waals surface area contributed by atoms with Crippen molar-refractivity contribution in [3.8, 4) is 17.1 Å². The van der Waals surface area contributed by atoms with Crippen LogP contribution in [0.1, 0.15) is 0 Å². The minimum absolute atomic E-state index is 0.686. The molecule has 3 aromatic rings. The maximum Gasteiger partial charge on any atom is 0.174 e. The summed E-state index contributed by atoms with van der Waals surface area (Å²) in [6.45, 7) is 0. The molecule has 0 atom stereocenters. The Balaban J connectivity index is 2.05. The first-order chi connectivity index (χ1) is 8.33. The van der Waals surface area contributed by atoms with E-state index < -0.39 is 0 Å². The van der Waals surface area contributed by atoms with Gasteiger partial charge >= 0.3 is 0 Å². The summed E-state index contributed by atoms with van der Waals surface area (Å²) in [4.78, 5) is 4.27. The van der Waals surface area contributed by atoms with Crippen LogP contribution in [0.2, 0.25) is 0 Å². The summed E-state index contributed by atoms with van der Waals surface area (Å²) in [5.74, 6) is 0.731. The van der Waals surface area contributed by atoms with Crippen LogP contribution in [0.3, 0.4) is 0 Å². The van der Waals surface area contributed by atoms with Crippen molar-refractivity contribution in [3.63, 3.8) is 0 Å². The zero-order chi connectivity index (χ0) is 11.7. The van der Waals surface area contributed by atoms with Gasteiger partial charge < -0.3 is 4.57 Å². The van der Waals surface area contributed by atoms with Gasteiger partial charge in [0.1, 0.15) is 0 Å². The monoisotopic (exact) mass is 259 g/mol. The first kappa shape index (κ1) is 10.6. The Morgan fingerprint density at radius 3 is 2.65 bits per heavy atom. The summed E-state index contributed by atoms with van der Waals surface area (Å²) in [6, 6.07) is 12.1. The predicted octanol–water partition coefficient (Wildman–Crippen LogP) is 3.28. The molecule has 2 heterocycles. The fourth-order valence-electron chi connectivity index (χ4n) is 1.64. The molecule has 0 bridgehead atoms. The van der Waals surface area contributed by atoms with Gasteiger partial charge in [-0.15, -0.1) is 12.6 Å². The fraction of sp³-hybridized carbons (Fsp3) is 0. The zero-order valence-electron chi connectivity index (χ0n) is 8.82. The number of nitrogens with zero attached hydrogens (tertiary/aromatic N) is 3. The molecule has 0 aliphatic heterocycles. The van der Waals surface area contributed by atoms with E-state index in [0.717, 1.165) is 17.1 Å². The van der Waals surface area contributed by atoms with Crippen molar-refractivity contribution in [2.24, 2.45) is 0 Å². The highest BCUT2D eigenvalue weighted by molar-refractivity contribution is 7.82. The Bertz CT molecular complexity index is 629. The van der Waals surface area contributed by atoms with Gasteiger partial charge in [-0.3, -0.25) is 0 Å². The molecule has 3 rings (SSSR count). The van der Waals surface area contributed by atoms with Crippen molar-refractivity contribution in [1.29, 1.82) is 0 Å². The van der Waals surface area contributed by atoms with Crippen LogP contribution in [0.25, 0.3) is 17.1 Å². The summed E-state index contributed by atoms with van der Waals surface area (Å²) < 4.78 is 6.99. The van der Waals surface area contributed by atoms with E-state index >= 15 is 0 Å². The number of hydrogen-bond donors (Lipinski definition) is 1. The molecule has 17 heavy (non-hydrogen) atoms. The van der Waals surface area contributed by atoms with Gasteiger partial charge in [-0.05, 0) is 35.8 Å². The molecule has 84 valence electrons. The van der Waals surface area contributed by atoms with Crippen molar-refractivity contribution in [2.75, 3.05) is 0 Å². The maximum absolute atomic E-state index is 4.27. The molecule has 0 fully saturated rings. The number of benzene rings is 1. The van der Waals surface area contributed by atoms with Crippen LogP contribution >= 0.6 is 24.2 Å². The minimum atomic E-state index is 0.686. The zero-order valence-corrected chi connectivity index (χ0v) is 10.5. The average molecular weight is 259 g/mol. The Labute approximate surface area is 108 Å². The van der Waals surface area contributed by atoms with Crippen molar-refractivity contribution < 1.29 is 0 Å². The van der Waals surface area contributed by atoms with E-state index in [1.54, 1.807) is 0 Å². The minimum Gasteiger partial charge on any atom is -0.324 e. The van der Waals surface area contributed by atoms with Crippen LogP contribution in [0.15, 0.2) is 53.1 Å². The fourth-order valence-corrected chi connectivity index (χ4v) is 2.30. The average Bonchev–Trinajstić information content (AvgIpc) is 3.00. The molecular weight excluding hydrogens is 250 g/mol. The lowest BCUT2D eigenvalue weighted by molar-refractivity contribution is 1.08. The molecule has 0 saturated carbocycles. The molecule has 3 nitrogen and oxygen atoms in total. The van der Waals surface area contributed by atoms with Crippen LogP contribution < -0.4 is 0 Å². The number of rotatable bonds is 2. The maximum atomic E-state index is 4.27. The first-order valence-corrected chi connectivity index (χ1v) is 6.31. The molecule has 0 unspecified atom stereocenters. The lowest BCUT2D eigenvalue weighted by Gasteiger charge is -2.03. The van der Waals surface area contributed by atoms with E-state index in [1.165, 1.54) is 11.5 Å². The molecule has 0 radical (unpaired) electrons. The summed E-state index contributed by atoms with van der Waals surface area (Å²) in [6.07, 6.45) is 4.02. The van der Waals surface area contributed by atoms with E-state index in [0.29, 0.717) is 4.34 Å². The van der Waals surface area contributed by atoms with Gasteiger partial charge in [0, 0.05) is 23.6 Å². The van der Waals surface area contributed by atoms with Crippen molar-refractivity contribution in [2.45, 2.75) is 4.34 Å². The number of hydrogen-bond acceptors (Lipinski definition) is 4. The molecule has 0 aliphatic rings. The summed E-state index contributed by atoms with van der Waals surface area (Å²) >= 11 is 5.48. The first-order valence-electron chi connectivity index (χ1n) is 5.09.